The topological polar surface area (TPSA) is 101 Å². The van der Waals surface area contributed by atoms with Gasteiger partial charge < -0.3 is 28.8 Å². The van der Waals surface area contributed by atoms with E-state index in [4.69, 9.17) is 23.7 Å². The molecule has 0 fully saturated rings. The van der Waals surface area contributed by atoms with Gasteiger partial charge in [0, 0.05) is 18.7 Å². The van der Waals surface area contributed by atoms with E-state index in [1.54, 1.807) is 50.4 Å². The van der Waals surface area contributed by atoms with Crippen LogP contribution in [0.5, 0.6) is 23.0 Å². The summed E-state index contributed by atoms with van der Waals surface area (Å²) in [6.07, 6.45) is 3.37. The molecule has 35 heavy (non-hydrogen) atoms. The van der Waals surface area contributed by atoms with Crippen LogP contribution in [0.15, 0.2) is 55.6 Å². The van der Waals surface area contributed by atoms with Gasteiger partial charge in [0.15, 0.2) is 17.3 Å². The number of ether oxygens (including phenoxy) is 5. The number of carbonyl (C=O) groups excluding carboxylic acids is 1. The van der Waals surface area contributed by atoms with E-state index in [1.165, 1.54) is 13.2 Å². The minimum atomic E-state index is -1.06. The molecule has 1 N–H and O–H groups in total. The molecular weight excluding hydrogens is 452 g/mol. The number of ketones is 1. The molecule has 1 unspecified atom stereocenters. The number of carbonyl (C=O) groups is 2. The minimum Gasteiger partial charge on any atom is -0.493 e. The van der Waals surface area contributed by atoms with Crippen molar-refractivity contribution in [3.05, 3.63) is 72.3 Å². The third-order valence-electron chi connectivity index (χ3n) is 5.11. The van der Waals surface area contributed by atoms with E-state index >= 15 is 0 Å². The zero-order valence-corrected chi connectivity index (χ0v) is 20.4. The molecule has 0 aliphatic heterocycles. The standard InChI is InChI=1S/C27H32O8/c1-6-11-33-19-16-21(20(8-3)27(29)30)25(24(17-19)34-12-7-2)26(28)18-9-10-22(23(15-18)32-5)35-14-13-31-4/h6-7,9-10,15-17,20H,1-2,8,11-14H2,3-5H3,(H,29,30). The van der Waals surface area contributed by atoms with Crippen LogP contribution in [0.25, 0.3) is 0 Å². The number of hydrogen-bond acceptors (Lipinski definition) is 7. The fourth-order valence-electron chi connectivity index (χ4n) is 3.46. The molecule has 0 aliphatic carbocycles. The molecule has 8 heteroatoms. The summed E-state index contributed by atoms with van der Waals surface area (Å²) >= 11 is 0. The number of carboxylic acids is 1. The van der Waals surface area contributed by atoms with Gasteiger partial charge in [0.05, 0.1) is 25.2 Å². The minimum absolute atomic E-state index is 0.115. The predicted octanol–water partition coefficient (Wildman–Crippen LogP) is 4.66. The monoisotopic (exact) mass is 484 g/mol. The van der Waals surface area contributed by atoms with Crippen molar-refractivity contribution in [2.75, 3.05) is 40.6 Å². The molecule has 2 rings (SSSR count). The van der Waals surface area contributed by atoms with Crippen LogP contribution < -0.4 is 18.9 Å². The number of carboxylic acid groups (broad SMARTS) is 1. The molecule has 0 saturated heterocycles. The summed E-state index contributed by atoms with van der Waals surface area (Å²) in [6.45, 7) is 10.1. The summed E-state index contributed by atoms with van der Waals surface area (Å²) in [6, 6.07) is 7.91. The first-order valence-electron chi connectivity index (χ1n) is 11.1. The van der Waals surface area contributed by atoms with Gasteiger partial charge in [-0.05, 0) is 36.2 Å². The number of rotatable bonds is 16. The SMILES string of the molecule is C=CCOc1cc(OCC=C)c(C(=O)c2ccc(OCCOC)c(OC)c2)c(C(CC)C(=O)O)c1. The number of hydrogen-bond donors (Lipinski definition) is 1. The first-order valence-corrected chi connectivity index (χ1v) is 11.1. The largest absolute Gasteiger partial charge is 0.493 e. The molecule has 0 aliphatic rings. The highest BCUT2D eigenvalue weighted by molar-refractivity contribution is 6.12. The van der Waals surface area contributed by atoms with Gasteiger partial charge in [-0.25, -0.2) is 0 Å². The Kier molecular flexibility index (Phi) is 10.8. The highest BCUT2D eigenvalue weighted by Gasteiger charge is 2.29. The van der Waals surface area contributed by atoms with Gasteiger partial charge in [-0.1, -0.05) is 32.2 Å². The van der Waals surface area contributed by atoms with Crippen LogP contribution in [0.2, 0.25) is 0 Å². The normalized spacial score (nSPS) is 11.3. The first-order chi connectivity index (χ1) is 16.9. The van der Waals surface area contributed by atoms with Crippen LogP contribution in [0.3, 0.4) is 0 Å². The second-order valence-corrected chi connectivity index (χ2v) is 7.42. The molecule has 8 nitrogen and oxygen atoms in total. The van der Waals surface area contributed by atoms with Crippen molar-refractivity contribution < 1.29 is 38.4 Å². The lowest BCUT2D eigenvalue weighted by Gasteiger charge is -2.20. The van der Waals surface area contributed by atoms with Gasteiger partial charge in [-0.15, -0.1) is 0 Å². The highest BCUT2D eigenvalue weighted by Crippen LogP contribution is 2.38. The van der Waals surface area contributed by atoms with Crippen LogP contribution in [0.4, 0.5) is 0 Å². The maximum absolute atomic E-state index is 13.8. The molecule has 0 saturated carbocycles. The molecule has 0 spiro atoms. The summed E-state index contributed by atoms with van der Waals surface area (Å²) in [7, 11) is 3.04. The third kappa shape index (κ3) is 7.10. The summed E-state index contributed by atoms with van der Waals surface area (Å²) < 4.78 is 27.5. The van der Waals surface area contributed by atoms with Gasteiger partial charge in [-0.3, -0.25) is 9.59 Å². The Morgan fingerprint density at radius 1 is 0.943 bits per heavy atom. The number of methoxy groups -OCH3 is 2. The highest BCUT2D eigenvalue weighted by atomic mass is 16.5. The van der Waals surface area contributed by atoms with Crippen molar-refractivity contribution in [3.8, 4) is 23.0 Å². The van der Waals surface area contributed by atoms with E-state index < -0.39 is 17.7 Å². The van der Waals surface area contributed by atoms with Crippen molar-refractivity contribution in [2.45, 2.75) is 19.3 Å². The van der Waals surface area contributed by atoms with Crippen LogP contribution in [-0.4, -0.2) is 57.5 Å². The van der Waals surface area contributed by atoms with E-state index in [9.17, 15) is 14.7 Å². The van der Waals surface area contributed by atoms with Crippen molar-refractivity contribution in [1.29, 1.82) is 0 Å². The second kappa shape index (κ2) is 13.8. The number of benzene rings is 2. The third-order valence-corrected chi connectivity index (χ3v) is 5.11. The Balaban J connectivity index is 2.66. The Morgan fingerprint density at radius 3 is 2.26 bits per heavy atom. The molecule has 0 heterocycles. The van der Waals surface area contributed by atoms with E-state index in [1.807, 2.05) is 0 Å². The summed E-state index contributed by atoms with van der Waals surface area (Å²) in [4.78, 5) is 25.9. The Labute approximate surface area is 205 Å². The zero-order valence-electron chi connectivity index (χ0n) is 20.4. The van der Waals surface area contributed by atoms with Crippen LogP contribution in [0.1, 0.15) is 40.7 Å². The maximum atomic E-state index is 13.8. The molecule has 0 radical (unpaired) electrons. The second-order valence-electron chi connectivity index (χ2n) is 7.42. The fraction of sp³-hybridized carbons (Fsp3) is 0.333. The molecule has 0 bridgehead atoms. The van der Waals surface area contributed by atoms with Gasteiger partial charge in [0.1, 0.15) is 31.3 Å². The van der Waals surface area contributed by atoms with Gasteiger partial charge in [-0.2, -0.15) is 0 Å². The van der Waals surface area contributed by atoms with Crippen molar-refractivity contribution >= 4 is 11.8 Å². The summed E-state index contributed by atoms with van der Waals surface area (Å²) in [5.74, 6) is -1.05. The smallest absolute Gasteiger partial charge is 0.310 e. The van der Waals surface area contributed by atoms with Crippen LogP contribution in [-0.2, 0) is 9.53 Å². The van der Waals surface area contributed by atoms with E-state index in [0.29, 0.717) is 36.0 Å². The van der Waals surface area contributed by atoms with Gasteiger partial charge >= 0.3 is 5.97 Å². The zero-order chi connectivity index (χ0) is 25.8. The number of aliphatic carboxylic acids is 1. The van der Waals surface area contributed by atoms with Crippen molar-refractivity contribution in [1.82, 2.24) is 0 Å². The molecule has 2 aromatic carbocycles. The van der Waals surface area contributed by atoms with E-state index in [0.717, 1.165) is 0 Å². The Bertz CT molecular complexity index is 1040. The molecule has 1 atom stereocenters. The molecule has 2 aromatic rings. The summed E-state index contributed by atoms with van der Waals surface area (Å²) in [5, 5.41) is 9.89. The van der Waals surface area contributed by atoms with Crippen molar-refractivity contribution in [3.63, 3.8) is 0 Å². The predicted molar refractivity (Wildman–Crippen MR) is 132 cm³/mol. The lowest BCUT2D eigenvalue weighted by Crippen LogP contribution is -2.17. The lowest BCUT2D eigenvalue weighted by atomic mass is 9.87. The molecular formula is C27H32O8. The fourth-order valence-corrected chi connectivity index (χ4v) is 3.46. The maximum Gasteiger partial charge on any atom is 0.310 e. The first kappa shape index (κ1) is 27.5. The van der Waals surface area contributed by atoms with Crippen LogP contribution >= 0.6 is 0 Å². The van der Waals surface area contributed by atoms with Crippen molar-refractivity contribution in [2.24, 2.45) is 0 Å². The molecule has 0 aromatic heterocycles. The average molecular weight is 485 g/mol. The lowest BCUT2D eigenvalue weighted by molar-refractivity contribution is -0.138. The summed E-state index contributed by atoms with van der Waals surface area (Å²) in [5.41, 5.74) is 0.720. The molecule has 0 amide bonds. The Hall–Kier alpha value is -3.78. The van der Waals surface area contributed by atoms with Gasteiger partial charge in [0.2, 0.25) is 0 Å². The van der Waals surface area contributed by atoms with E-state index in [2.05, 4.69) is 13.2 Å². The quantitative estimate of drug-likeness (QED) is 0.209. The Morgan fingerprint density at radius 2 is 1.66 bits per heavy atom. The molecule has 188 valence electrons. The van der Waals surface area contributed by atoms with E-state index in [-0.39, 0.29) is 36.5 Å². The van der Waals surface area contributed by atoms with Gasteiger partial charge in [0.25, 0.3) is 0 Å². The average Bonchev–Trinajstić information content (AvgIpc) is 2.86. The van der Waals surface area contributed by atoms with Crippen LogP contribution in [0, 0.1) is 0 Å².